The Hall–Kier alpha value is -3.31. The van der Waals surface area contributed by atoms with Crippen molar-refractivity contribution in [3.8, 4) is 11.5 Å². The van der Waals surface area contributed by atoms with Gasteiger partial charge in [0, 0.05) is 37.1 Å². The number of ether oxygens (including phenoxy) is 1. The van der Waals surface area contributed by atoms with Crippen LogP contribution in [0, 0.1) is 5.92 Å². The van der Waals surface area contributed by atoms with Crippen molar-refractivity contribution < 1.29 is 9.53 Å². The van der Waals surface area contributed by atoms with Gasteiger partial charge < -0.3 is 19.9 Å². The molecule has 0 aromatic heterocycles. The number of fused-ring (bicyclic) bond motifs is 1. The number of amides is 1. The van der Waals surface area contributed by atoms with Crippen LogP contribution in [-0.4, -0.2) is 43.5 Å². The molecule has 2 aliphatic heterocycles. The quantitative estimate of drug-likeness (QED) is 0.614. The van der Waals surface area contributed by atoms with Crippen molar-refractivity contribution in [1.29, 1.82) is 0 Å². The number of rotatable bonds is 6. The molecule has 2 atom stereocenters. The van der Waals surface area contributed by atoms with E-state index in [9.17, 15) is 4.79 Å². The minimum absolute atomic E-state index is 0.0340. The summed E-state index contributed by atoms with van der Waals surface area (Å²) >= 11 is 0. The van der Waals surface area contributed by atoms with Crippen molar-refractivity contribution in [2.24, 2.45) is 5.92 Å². The Morgan fingerprint density at radius 3 is 2.56 bits per heavy atom. The smallest absolute Gasteiger partial charge is 0.228 e. The number of hydrogen-bond acceptors (Lipinski definition) is 4. The molecule has 0 aliphatic carbocycles. The zero-order valence-corrected chi connectivity index (χ0v) is 18.4. The highest BCUT2D eigenvalue weighted by molar-refractivity contribution is 5.92. The van der Waals surface area contributed by atoms with Crippen molar-refractivity contribution in [1.82, 2.24) is 4.90 Å². The van der Waals surface area contributed by atoms with Crippen LogP contribution in [0.4, 0.5) is 11.4 Å². The van der Waals surface area contributed by atoms with Crippen LogP contribution in [-0.2, 0) is 11.2 Å². The monoisotopic (exact) mass is 427 g/mol. The molecule has 2 heterocycles. The number of para-hydroxylation sites is 1. The van der Waals surface area contributed by atoms with Gasteiger partial charge in [0.15, 0.2) is 0 Å². The number of nitrogens with one attached hydrogen (secondary N) is 1. The standard InChI is InChI=1S/C27H29N3O2/c1-29-18-21-14-15-30(26(21)19-29)23-12-10-22(11-13-23)28-27(31)17-20-6-5-9-25(16-20)32-24-7-3-2-4-8-24/h2-13,16,21,26H,14-15,17-19H2,1H3,(H,28,31). The zero-order chi connectivity index (χ0) is 21.9. The van der Waals surface area contributed by atoms with Gasteiger partial charge in [-0.2, -0.15) is 0 Å². The van der Waals surface area contributed by atoms with E-state index in [4.69, 9.17) is 4.74 Å². The second-order valence-electron chi connectivity index (χ2n) is 8.87. The summed E-state index contributed by atoms with van der Waals surface area (Å²) in [6.45, 7) is 3.46. The minimum atomic E-state index is -0.0340. The highest BCUT2D eigenvalue weighted by Gasteiger charge is 2.39. The third kappa shape index (κ3) is 4.63. The maximum atomic E-state index is 12.6. The number of nitrogens with zero attached hydrogens (tertiary/aromatic N) is 2. The lowest BCUT2D eigenvalue weighted by molar-refractivity contribution is -0.115. The molecule has 0 spiro atoms. The van der Waals surface area contributed by atoms with Crippen molar-refractivity contribution in [3.63, 3.8) is 0 Å². The molecule has 5 heteroatoms. The van der Waals surface area contributed by atoms with Crippen molar-refractivity contribution in [2.75, 3.05) is 36.9 Å². The first-order valence-corrected chi connectivity index (χ1v) is 11.3. The van der Waals surface area contributed by atoms with Crippen LogP contribution in [0.2, 0.25) is 0 Å². The van der Waals surface area contributed by atoms with Crippen LogP contribution in [0.15, 0.2) is 78.9 Å². The molecule has 3 aromatic carbocycles. The van der Waals surface area contributed by atoms with Crippen LogP contribution >= 0.6 is 0 Å². The molecule has 2 aliphatic rings. The summed E-state index contributed by atoms with van der Waals surface area (Å²) in [7, 11) is 2.21. The second-order valence-corrected chi connectivity index (χ2v) is 8.87. The summed E-state index contributed by atoms with van der Waals surface area (Å²) in [5.74, 6) is 2.25. The SMILES string of the molecule is CN1CC2CCN(c3ccc(NC(=O)Cc4cccc(Oc5ccccc5)c4)cc3)C2C1. The van der Waals surface area contributed by atoms with Crippen LogP contribution < -0.4 is 15.0 Å². The highest BCUT2D eigenvalue weighted by Crippen LogP contribution is 2.34. The molecule has 3 aromatic rings. The highest BCUT2D eigenvalue weighted by atomic mass is 16.5. The second kappa shape index (κ2) is 9.05. The third-order valence-electron chi connectivity index (χ3n) is 6.45. The lowest BCUT2D eigenvalue weighted by Crippen LogP contribution is -2.34. The van der Waals surface area contributed by atoms with E-state index in [-0.39, 0.29) is 5.91 Å². The van der Waals surface area contributed by atoms with Crippen molar-refractivity contribution >= 4 is 17.3 Å². The van der Waals surface area contributed by atoms with Crippen LogP contribution in [0.1, 0.15) is 12.0 Å². The molecule has 32 heavy (non-hydrogen) atoms. The predicted octanol–water partition coefficient (Wildman–Crippen LogP) is 4.80. The topological polar surface area (TPSA) is 44.8 Å². The molecule has 2 unspecified atom stereocenters. The predicted molar refractivity (Wildman–Crippen MR) is 128 cm³/mol. The maximum Gasteiger partial charge on any atom is 0.228 e. The van der Waals surface area contributed by atoms with E-state index in [1.807, 2.05) is 66.7 Å². The number of likely N-dealkylation sites (tertiary alicyclic amines) is 1. The van der Waals surface area contributed by atoms with Gasteiger partial charge in [0.1, 0.15) is 11.5 Å². The molecular formula is C27H29N3O2. The van der Waals surface area contributed by atoms with Crippen LogP contribution in [0.5, 0.6) is 11.5 Å². The molecule has 5 nitrogen and oxygen atoms in total. The first-order chi connectivity index (χ1) is 15.6. The van der Waals surface area contributed by atoms with Gasteiger partial charge in [-0.05, 0) is 73.5 Å². The Kier molecular flexibility index (Phi) is 5.82. The number of anilines is 2. The molecule has 1 N–H and O–H groups in total. The Morgan fingerprint density at radius 2 is 1.75 bits per heavy atom. The van der Waals surface area contributed by atoms with E-state index >= 15 is 0 Å². The molecule has 0 saturated carbocycles. The fourth-order valence-corrected chi connectivity index (χ4v) is 4.96. The molecule has 164 valence electrons. The summed E-state index contributed by atoms with van der Waals surface area (Å²) in [6.07, 6.45) is 1.57. The molecule has 0 radical (unpaired) electrons. The van der Waals surface area contributed by atoms with Crippen molar-refractivity contribution in [2.45, 2.75) is 18.9 Å². The minimum Gasteiger partial charge on any atom is -0.457 e. The third-order valence-corrected chi connectivity index (χ3v) is 6.45. The van der Waals surface area contributed by atoms with E-state index in [2.05, 4.69) is 34.3 Å². The normalized spacial score (nSPS) is 20.2. The van der Waals surface area contributed by atoms with E-state index in [0.717, 1.165) is 41.8 Å². The average molecular weight is 428 g/mol. The average Bonchev–Trinajstić information content (AvgIpc) is 3.34. The van der Waals surface area contributed by atoms with E-state index in [1.165, 1.54) is 18.7 Å². The number of carbonyl (C=O) groups excluding carboxylic acids is 1. The largest absolute Gasteiger partial charge is 0.457 e. The van der Waals surface area contributed by atoms with Gasteiger partial charge in [0.2, 0.25) is 5.91 Å². The Balaban J connectivity index is 1.18. The summed E-state index contributed by atoms with van der Waals surface area (Å²) in [5.41, 5.74) is 2.99. The Morgan fingerprint density at radius 1 is 0.969 bits per heavy atom. The van der Waals surface area contributed by atoms with Gasteiger partial charge in [-0.25, -0.2) is 0 Å². The number of benzene rings is 3. The first kappa shape index (κ1) is 20.6. The van der Waals surface area contributed by atoms with Gasteiger partial charge in [-0.15, -0.1) is 0 Å². The maximum absolute atomic E-state index is 12.6. The fraction of sp³-hybridized carbons (Fsp3) is 0.296. The van der Waals surface area contributed by atoms with Gasteiger partial charge >= 0.3 is 0 Å². The summed E-state index contributed by atoms with van der Waals surface area (Å²) < 4.78 is 5.88. The molecule has 1 amide bonds. The van der Waals surface area contributed by atoms with E-state index in [1.54, 1.807) is 0 Å². The van der Waals surface area contributed by atoms with Crippen LogP contribution in [0.25, 0.3) is 0 Å². The molecule has 5 rings (SSSR count). The van der Waals surface area contributed by atoms with Gasteiger partial charge in [-0.3, -0.25) is 4.79 Å². The van der Waals surface area contributed by atoms with Crippen LogP contribution in [0.3, 0.4) is 0 Å². The molecule has 2 saturated heterocycles. The van der Waals surface area contributed by atoms with Gasteiger partial charge in [0.25, 0.3) is 0 Å². The van der Waals surface area contributed by atoms with Crippen molar-refractivity contribution in [3.05, 3.63) is 84.4 Å². The summed E-state index contributed by atoms with van der Waals surface area (Å²) in [5, 5.41) is 3.02. The number of carbonyl (C=O) groups is 1. The number of likely N-dealkylation sites (N-methyl/N-ethyl adjacent to an activating group) is 1. The molecule has 0 bridgehead atoms. The summed E-state index contributed by atoms with van der Waals surface area (Å²) in [4.78, 5) is 17.6. The number of hydrogen-bond donors (Lipinski definition) is 1. The zero-order valence-electron chi connectivity index (χ0n) is 18.4. The summed E-state index contributed by atoms with van der Waals surface area (Å²) in [6, 6.07) is 26.2. The van der Waals surface area contributed by atoms with E-state index in [0.29, 0.717) is 12.5 Å². The lowest BCUT2D eigenvalue weighted by atomic mass is 10.0. The van der Waals surface area contributed by atoms with Gasteiger partial charge in [0.05, 0.1) is 6.42 Å². The molecular weight excluding hydrogens is 398 g/mol. The van der Waals surface area contributed by atoms with Gasteiger partial charge in [-0.1, -0.05) is 30.3 Å². The molecule has 2 fully saturated rings. The first-order valence-electron chi connectivity index (χ1n) is 11.3. The van der Waals surface area contributed by atoms with E-state index < -0.39 is 0 Å². The lowest BCUT2D eigenvalue weighted by Gasteiger charge is -2.26. The Bertz CT molecular complexity index is 1070. The Labute approximate surface area is 189 Å². The fourth-order valence-electron chi connectivity index (χ4n) is 4.96.